The minimum Gasteiger partial charge on any atom is -0.211 e. The van der Waals surface area contributed by atoms with Crippen LogP contribution in [0.25, 0.3) is 0 Å². The van der Waals surface area contributed by atoms with Gasteiger partial charge in [0.15, 0.2) is 0 Å². The highest BCUT2D eigenvalue weighted by Gasteiger charge is 2.26. The number of nitrogens with one attached hydrogen (secondary N) is 1. The highest BCUT2D eigenvalue weighted by Crippen LogP contribution is 2.32. The molecular formula is C15H21NO2S. The van der Waals surface area contributed by atoms with Crippen molar-refractivity contribution in [1.82, 2.24) is 4.72 Å². The van der Waals surface area contributed by atoms with E-state index in [9.17, 15) is 8.42 Å². The fourth-order valence-corrected chi connectivity index (χ4v) is 3.74. The zero-order valence-electron chi connectivity index (χ0n) is 11.3. The number of benzene rings is 1. The van der Waals surface area contributed by atoms with Gasteiger partial charge < -0.3 is 0 Å². The van der Waals surface area contributed by atoms with Gasteiger partial charge in [0.1, 0.15) is 0 Å². The molecule has 0 heterocycles. The van der Waals surface area contributed by atoms with E-state index in [4.69, 9.17) is 0 Å². The Morgan fingerprint density at radius 2 is 2.00 bits per heavy atom. The average molecular weight is 279 g/mol. The molecule has 1 aromatic carbocycles. The van der Waals surface area contributed by atoms with E-state index in [1.54, 1.807) is 12.1 Å². The van der Waals surface area contributed by atoms with Gasteiger partial charge >= 0.3 is 0 Å². The quantitative estimate of drug-likeness (QED) is 0.842. The Balaban J connectivity index is 2.01. The number of hydrogen-bond donors (Lipinski definition) is 1. The molecule has 1 aromatic rings. The highest BCUT2D eigenvalue weighted by atomic mass is 32.2. The first kappa shape index (κ1) is 14.3. The van der Waals surface area contributed by atoms with Crippen molar-refractivity contribution in [3.8, 4) is 0 Å². The van der Waals surface area contributed by atoms with Crippen LogP contribution in [0.5, 0.6) is 0 Å². The summed E-state index contributed by atoms with van der Waals surface area (Å²) in [6.07, 6.45) is 5.32. The van der Waals surface area contributed by atoms with Gasteiger partial charge in [-0.05, 0) is 43.7 Å². The van der Waals surface area contributed by atoms with Gasteiger partial charge in [-0.2, -0.15) is 0 Å². The average Bonchev–Trinajstić information content (AvgIpc) is 2.84. The number of rotatable bonds is 5. The van der Waals surface area contributed by atoms with E-state index in [2.05, 4.69) is 11.3 Å². The second kappa shape index (κ2) is 5.88. The Hall–Kier alpha value is -1.13. The maximum atomic E-state index is 12.2. The van der Waals surface area contributed by atoms with E-state index in [-0.39, 0.29) is 0 Å². The van der Waals surface area contributed by atoms with Crippen LogP contribution in [0.3, 0.4) is 0 Å². The van der Waals surface area contributed by atoms with E-state index in [0.717, 1.165) is 24.8 Å². The summed E-state index contributed by atoms with van der Waals surface area (Å²) in [5, 5.41) is 0. The first-order chi connectivity index (χ1) is 9.03. The molecule has 2 atom stereocenters. The van der Waals surface area contributed by atoms with Gasteiger partial charge in [-0.25, -0.2) is 13.1 Å². The topological polar surface area (TPSA) is 46.2 Å². The van der Waals surface area contributed by atoms with Gasteiger partial charge in [0.05, 0.1) is 4.90 Å². The number of sulfonamides is 1. The zero-order chi connectivity index (χ0) is 13.9. The van der Waals surface area contributed by atoms with E-state index in [1.807, 2.05) is 25.1 Å². The summed E-state index contributed by atoms with van der Waals surface area (Å²) in [5.74, 6) is 0.832. The molecule has 0 aromatic heterocycles. The molecule has 2 rings (SSSR count). The molecule has 4 heteroatoms. The number of allylic oxidation sites excluding steroid dienone is 1. The van der Waals surface area contributed by atoms with Gasteiger partial charge in [-0.3, -0.25) is 0 Å². The first-order valence-electron chi connectivity index (χ1n) is 6.72. The molecule has 0 spiro atoms. The minimum absolute atomic E-state index is 0.339. The van der Waals surface area contributed by atoms with Crippen molar-refractivity contribution in [3.05, 3.63) is 42.5 Å². The Morgan fingerprint density at radius 1 is 1.32 bits per heavy atom. The van der Waals surface area contributed by atoms with Crippen molar-refractivity contribution < 1.29 is 8.42 Å². The third kappa shape index (κ3) is 3.45. The fourth-order valence-electron chi connectivity index (χ4n) is 2.65. The predicted octanol–water partition coefficient (Wildman–Crippen LogP) is 2.88. The lowest BCUT2D eigenvalue weighted by atomic mass is 9.97. The molecule has 0 aliphatic heterocycles. The maximum absolute atomic E-state index is 12.2. The lowest BCUT2D eigenvalue weighted by Crippen LogP contribution is -2.30. The third-order valence-corrected chi connectivity index (χ3v) is 5.33. The molecule has 19 heavy (non-hydrogen) atoms. The van der Waals surface area contributed by atoms with Crippen molar-refractivity contribution in [3.63, 3.8) is 0 Å². The van der Waals surface area contributed by atoms with Gasteiger partial charge in [-0.1, -0.05) is 30.2 Å². The molecule has 1 fully saturated rings. The molecule has 1 aliphatic carbocycles. The van der Waals surface area contributed by atoms with Crippen LogP contribution in [-0.4, -0.2) is 15.0 Å². The lowest BCUT2D eigenvalue weighted by Gasteiger charge is -2.16. The molecule has 3 nitrogen and oxygen atoms in total. The summed E-state index contributed by atoms with van der Waals surface area (Å²) in [5.41, 5.74) is 1.06. The van der Waals surface area contributed by atoms with Crippen LogP contribution >= 0.6 is 0 Å². The van der Waals surface area contributed by atoms with Gasteiger partial charge in [-0.15, -0.1) is 6.58 Å². The number of hydrogen-bond acceptors (Lipinski definition) is 2. The van der Waals surface area contributed by atoms with Crippen LogP contribution in [0.2, 0.25) is 0 Å². The summed E-state index contributed by atoms with van der Waals surface area (Å²) in [7, 11) is -3.38. The van der Waals surface area contributed by atoms with E-state index in [0.29, 0.717) is 23.3 Å². The van der Waals surface area contributed by atoms with Crippen molar-refractivity contribution in [2.24, 2.45) is 11.8 Å². The van der Waals surface area contributed by atoms with Crippen molar-refractivity contribution in [2.75, 3.05) is 6.54 Å². The standard InChI is InChI=1S/C15H21NO2S/c1-3-13-5-4-6-14(13)11-16-19(17,18)15-9-7-12(2)8-10-15/h3,7-10,13-14,16H,1,4-6,11H2,2H3/t13?,14-/m0/s1. The molecule has 1 N–H and O–H groups in total. The van der Waals surface area contributed by atoms with Crippen LogP contribution in [0.15, 0.2) is 41.8 Å². The maximum Gasteiger partial charge on any atom is 0.240 e. The summed E-state index contributed by atoms with van der Waals surface area (Å²) in [6.45, 7) is 6.28. The van der Waals surface area contributed by atoms with Crippen LogP contribution < -0.4 is 4.72 Å². The highest BCUT2D eigenvalue weighted by molar-refractivity contribution is 7.89. The Kier molecular flexibility index (Phi) is 4.42. The summed E-state index contributed by atoms with van der Waals surface area (Å²) in [4.78, 5) is 0.339. The zero-order valence-corrected chi connectivity index (χ0v) is 12.1. The normalized spacial score (nSPS) is 23.4. The van der Waals surface area contributed by atoms with Crippen molar-refractivity contribution in [1.29, 1.82) is 0 Å². The number of aryl methyl sites for hydroxylation is 1. The van der Waals surface area contributed by atoms with Crippen LogP contribution in [0.1, 0.15) is 24.8 Å². The molecule has 1 aliphatic rings. The molecular weight excluding hydrogens is 258 g/mol. The second-order valence-electron chi connectivity index (χ2n) is 5.26. The van der Waals surface area contributed by atoms with E-state index >= 15 is 0 Å². The molecule has 104 valence electrons. The second-order valence-corrected chi connectivity index (χ2v) is 7.02. The third-order valence-electron chi connectivity index (χ3n) is 3.89. The lowest BCUT2D eigenvalue weighted by molar-refractivity contribution is 0.450. The van der Waals surface area contributed by atoms with Crippen LogP contribution in [-0.2, 0) is 10.0 Å². The predicted molar refractivity (Wildman–Crippen MR) is 77.4 cm³/mol. The van der Waals surface area contributed by atoms with Crippen LogP contribution in [0, 0.1) is 18.8 Å². The minimum atomic E-state index is -3.38. The smallest absolute Gasteiger partial charge is 0.211 e. The molecule has 0 amide bonds. The van der Waals surface area contributed by atoms with Crippen molar-refractivity contribution >= 4 is 10.0 Å². The van der Waals surface area contributed by atoms with Crippen LogP contribution in [0.4, 0.5) is 0 Å². The Bertz CT molecular complexity index is 534. The summed E-state index contributed by atoms with van der Waals surface area (Å²) >= 11 is 0. The largest absolute Gasteiger partial charge is 0.240 e. The Morgan fingerprint density at radius 3 is 2.63 bits per heavy atom. The van der Waals surface area contributed by atoms with Gasteiger partial charge in [0, 0.05) is 6.54 Å². The molecule has 1 saturated carbocycles. The van der Waals surface area contributed by atoms with Gasteiger partial charge in [0.2, 0.25) is 10.0 Å². The molecule has 0 saturated heterocycles. The summed E-state index contributed by atoms with van der Waals surface area (Å²) < 4.78 is 27.0. The Labute approximate surface area is 115 Å². The molecule has 0 bridgehead atoms. The van der Waals surface area contributed by atoms with Crippen molar-refractivity contribution in [2.45, 2.75) is 31.1 Å². The van der Waals surface area contributed by atoms with E-state index < -0.39 is 10.0 Å². The first-order valence-corrected chi connectivity index (χ1v) is 8.20. The summed E-state index contributed by atoms with van der Waals surface area (Å²) in [6, 6.07) is 6.93. The van der Waals surface area contributed by atoms with E-state index in [1.165, 1.54) is 0 Å². The fraction of sp³-hybridized carbons (Fsp3) is 0.467. The molecule has 0 radical (unpaired) electrons. The monoisotopic (exact) mass is 279 g/mol. The molecule has 1 unspecified atom stereocenters. The SMILES string of the molecule is C=CC1CCC[C@H]1CNS(=O)(=O)c1ccc(C)cc1. The van der Waals surface area contributed by atoms with Gasteiger partial charge in [0.25, 0.3) is 0 Å².